The first kappa shape index (κ1) is 47.7. The molecule has 2 heterocycles. The van der Waals surface area contributed by atoms with Gasteiger partial charge in [-0.15, -0.1) is 11.3 Å². The van der Waals surface area contributed by atoms with Gasteiger partial charge in [-0.2, -0.15) is 9.03 Å². The van der Waals surface area contributed by atoms with Gasteiger partial charge in [-0.05, 0) is 38.0 Å². The molecule has 0 saturated carbocycles. The molecule has 2 unspecified atom stereocenters. The Morgan fingerprint density at radius 2 is 1.45 bits per heavy atom. The highest BCUT2D eigenvalue weighted by Gasteiger charge is 2.44. The Balaban J connectivity index is 1.62. The Morgan fingerprint density at radius 1 is 0.909 bits per heavy atom. The molecule has 11 nitrogen and oxygen atoms in total. The summed E-state index contributed by atoms with van der Waals surface area (Å²) < 4.78 is 83.4. The molecule has 314 valence electrons. The number of hydrogen-bond acceptors (Lipinski definition) is 9. The lowest BCUT2D eigenvalue weighted by Crippen LogP contribution is -2.47. The summed E-state index contributed by atoms with van der Waals surface area (Å²) in [5, 5.41) is -0.914. The van der Waals surface area contributed by atoms with Crippen LogP contribution in [0.5, 0.6) is 0 Å². The molecule has 0 radical (unpaired) electrons. The van der Waals surface area contributed by atoms with Crippen LogP contribution in [-0.2, 0) is 40.7 Å². The van der Waals surface area contributed by atoms with Crippen LogP contribution >= 0.6 is 11.3 Å². The maximum Gasteiger partial charge on any atom is 0.410 e. The van der Waals surface area contributed by atoms with Crippen molar-refractivity contribution >= 4 is 48.7 Å². The molecule has 1 amide bonds. The van der Waals surface area contributed by atoms with Gasteiger partial charge in [0.2, 0.25) is 0 Å². The molecule has 55 heavy (non-hydrogen) atoms. The van der Waals surface area contributed by atoms with Crippen LogP contribution in [0.15, 0.2) is 49.7 Å². The normalized spacial score (nSPS) is 16.8. The number of methoxy groups -OCH3 is 2. The van der Waals surface area contributed by atoms with Crippen LogP contribution in [0.25, 0.3) is 0 Å². The van der Waals surface area contributed by atoms with Crippen LogP contribution in [0.2, 0.25) is 0 Å². The Bertz CT molecular complexity index is 1590. The zero-order chi connectivity index (χ0) is 40.1. The number of rotatable bonds is 29. The van der Waals surface area contributed by atoms with E-state index in [1.165, 1.54) is 113 Å². The minimum absolute atomic E-state index is 0.0500. The molecule has 0 saturated heterocycles. The van der Waals surface area contributed by atoms with Crippen LogP contribution in [0.3, 0.4) is 0 Å². The first-order valence-corrected chi connectivity index (χ1v) is 25.4. The van der Waals surface area contributed by atoms with Crippen LogP contribution in [-0.4, -0.2) is 82.5 Å². The molecule has 0 aliphatic carbocycles. The molecule has 1 aliphatic rings. The summed E-state index contributed by atoms with van der Waals surface area (Å²) in [5.41, 5.74) is 0.231. The largest absolute Gasteiger partial charge is 0.610 e. The van der Waals surface area contributed by atoms with Crippen molar-refractivity contribution in [2.24, 2.45) is 0 Å². The number of unbranched alkanes of at least 4 members (excludes halogenated alkanes) is 16. The SMILES string of the molecule is CCCCCCCCCCCCCCCCCCCC(NS(=O)(=O)c1cc2c(s1)S(=O)(=O)N(CCCOC)C[C@@H]2N(CC)C(=O)OC)[S+]([O-])c1ccccc1. The Labute approximate surface area is 339 Å². The lowest BCUT2D eigenvalue weighted by molar-refractivity contribution is 0.0981. The van der Waals surface area contributed by atoms with Crippen molar-refractivity contribution < 1.29 is 35.7 Å². The number of sulfonamides is 2. The van der Waals surface area contributed by atoms with Gasteiger partial charge in [-0.25, -0.2) is 21.6 Å². The second kappa shape index (κ2) is 25.6. The molecule has 3 rings (SSSR count). The highest BCUT2D eigenvalue weighted by atomic mass is 32.3. The smallest absolute Gasteiger partial charge is 0.410 e. The van der Waals surface area contributed by atoms with E-state index in [0.29, 0.717) is 42.1 Å². The first-order chi connectivity index (χ1) is 26.5. The van der Waals surface area contributed by atoms with Gasteiger partial charge in [0.25, 0.3) is 20.0 Å². The van der Waals surface area contributed by atoms with E-state index in [-0.39, 0.29) is 33.6 Å². The van der Waals surface area contributed by atoms with Gasteiger partial charge in [0.15, 0.2) is 10.3 Å². The second-order valence-electron chi connectivity index (χ2n) is 14.5. The summed E-state index contributed by atoms with van der Waals surface area (Å²) in [7, 11) is -5.60. The third-order valence-electron chi connectivity index (χ3n) is 10.2. The van der Waals surface area contributed by atoms with E-state index in [0.717, 1.165) is 19.3 Å². The molecule has 0 spiro atoms. The summed E-state index contributed by atoms with van der Waals surface area (Å²) in [6.07, 6.45) is 21.1. The Morgan fingerprint density at radius 3 is 1.96 bits per heavy atom. The molecule has 3 atom stereocenters. The third kappa shape index (κ3) is 15.2. The monoisotopic (exact) mass is 845 g/mol. The Hall–Kier alpha value is -1.72. The zero-order valence-corrected chi connectivity index (χ0v) is 36.9. The van der Waals surface area contributed by atoms with Gasteiger partial charge in [0.05, 0.1) is 13.2 Å². The predicted octanol–water partition coefficient (Wildman–Crippen LogP) is 9.37. The number of thiophene rings is 1. The number of nitrogens with one attached hydrogen (secondary N) is 1. The number of fused-ring (bicyclic) bond motifs is 1. The van der Waals surface area contributed by atoms with Crippen molar-refractivity contribution in [2.75, 3.05) is 40.5 Å². The minimum atomic E-state index is -4.31. The molecular weight excluding hydrogens is 779 g/mol. The number of hydrogen-bond donors (Lipinski definition) is 1. The van der Waals surface area contributed by atoms with Crippen molar-refractivity contribution in [1.82, 2.24) is 13.9 Å². The number of nitrogens with zero attached hydrogens (tertiary/aromatic N) is 2. The van der Waals surface area contributed by atoms with Gasteiger partial charge in [0, 0.05) is 56.5 Å². The lowest BCUT2D eigenvalue weighted by atomic mass is 10.0. The van der Waals surface area contributed by atoms with Crippen molar-refractivity contribution in [1.29, 1.82) is 0 Å². The number of carbonyl (C=O) groups excluding carboxylic acids is 1. The number of amides is 1. The molecule has 1 aromatic carbocycles. The zero-order valence-electron chi connectivity index (χ0n) is 33.7. The standard InChI is InChI=1S/C40H67N3O8S4/c1-5-7-8-9-10-11-12-13-14-15-16-17-18-19-20-21-25-29-37(53(45)34-27-23-22-24-28-34)41-54(46,47)38-32-35-36(43(6-2)40(44)51-4)33-42(30-26-31-50-3)55(48,49)39(35)52-38/h22-24,27-28,32,36-37,41H,5-21,25-26,29-31,33H2,1-4H3/t36-,37?,53?/m0/s1. The van der Waals surface area contributed by atoms with Gasteiger partial charge in [-0.3, -0.25) is 0 Å². The van der Waals surface area contributed by atoms with E-state index in [9.17, 15) is 26.2 Å². The summed E-state index contributed by atoms with van der Waals surface area (Å²) in [4.78, 5) is 14.7. The van der Waals surface area contributed by atoms with E-state index in [4.69, 9.17) is 9.47 Å². The molecule has 15 heteroatoms. The molecule has 0 fully saturated rings. The fraction of sp³-hybridized carbons (Fsp3) is 0.725. The number of ether oxygens (including phenoxy) is 2. The Kier molecular flexibility index (Phi) is 22.2. The van der Waals surface area contributed by atoms with E-state index in [1.807, 2.05) is 6.07 Å². The second-order valence-corrected chi connectivity index (χ2v) is 21.2. The van der Waals surface area contributed by atoms with Gasteiger partial charge in [-0.1, -0.05) is 128 Å². The minimum Gasteiger partial charge on any atom is -0.610 e. The average molecular weight is 846 g/mol. The van der Waals surface area contributed by atoms with Crippen LogP contribution in [0.1, 0.15) is 147 Å². The lowest BCUT2D eigenvalue weighted by Gasteiger charge is -2.37. The van der Waals surface area contributed by atoms with Gasteiger partial charge in [0.1, 0.15) is 8.42 Å². The van der Waals surface area contributed by atoms with Crippen molar-refractivity contribution in [2.45, 2.75) is 161 Å². The fourth-order valence-corrected chi connectivity index (χ4v) is 14.0. The van der Waals surface area contributed by atoms with Gasteiger partial charge >= 0.3 is 6.09 Å². The van der Waals surface area contributed by atoms with E-state index < -0.39 is 48.7 Å². The van der Waals surface area contributed by atoms with Crippen molar-refractivity contribution in [3.63, 3.8) is 0 Å². The summed E-state index contributed by atoms with van der Waals surface area (Å²) >= 11 is -1.04. The molecule has 0 bridgehead atoms. The fourth-order valence-electron chi connectivity index (χ4n) is 7.11. The number of benzene rings is 1. The summed E-state index contributed by atoms with van der Waals surface area (Å²) in [6, 6.07) is 9.38. The van der Waals surface area contributed by atoms with Crippen molar-refractivity contribution in [3.8, 4) is 0 Å². The van der Waals surface area contributed by atoms with E-state index >= 15 is 0 Å². The van der Waals surface area contributed by atoms with E-state index in [1.54, 1.807) is 31.2 Å². The van der Waals surface area contributed by atoms with Gasteiger partial charge < -0.3 is 18.9 Å². The van der Waals surface area contributed by atoms with E-state index in [2.05, 4.69) is 11.6 Å². The topological polar surface area (TPSA) is 145 Å². The highest BCUT2D eigenvalue weighted by Crippen LogP contribution is 2.43. The molecule has 1 aromatic heterocycles. The molecule has 1 N–H and O–H groups in total. The van der Waals surface area contributed by atoms with Crippen LogP contribution in [0.4, 0.5) is 4.79 Å². The first-order valence-electron chi connectivity index (χ1n) is 20.5. The number of likely N-dealkylation sites (N-methyl/N-ethyl adjacent to an activating group) is 1. The summed E-state index contributed by atoms with van der Waals surface area (Å²) in [5.74, 6) is 0. The van der Waals surface area contributed by atoms with Crippen LogP contribution < -0.4 is 4.72 Å². The quantitative estimate of drug-likeness (QED) is 0.0630. The summed E-state index contributed by atoms with van der Waals surface area (Å²) in [6.45, 7) is 4.66. The number of carbonyl (C=O) groups is 1. The third-order valence-corrected chi connectivity index (χ3v) is 17.5. The highest BCUT2D eigenvalue weighted by molar-refractivity contribution is 7.96. The molecule has 2 aromatic rings. The van der Waals surface area contributed by atoms with Crippen molar-refractivity contribution in [3.05, 3.63) is 42.0 Å². The maximum atomic E-state index is 14.1. The average Bonchev–Trinajstić information content (AvgIpc) is 3.66. The molecular formula is C40H67N3O8S4. The van der Waals surface area contributed by atoms with Crippen LogP contribution in [0, 0.1) is 0 Å². The molecule has 1 aliphatic heterocycles. The predicted molar refractivity (Wildman–Crippen MR) is 223 cm³/mol. The maximum absolute atomic E-state index is 14.1.